The van der Waals surface area contributed by atoms with Crippen molar-refractivity contribution in [2.45, 2.75) is 0 Å². The number of rotatable bonds is 1. The van der Waals surface area contributed by atoms with E-state index in [1.807, 2.05) is 30.3 Å². The smallest absolute Gasteiger partial charge is 0.273 e. The van der Waals surface area contributed by atoms with E-state index >= 15 is 0 Å². The molecular formula is C13H9NO3S. The monoisotopic (exact) mass is 259 g/mol. The number of phenolic OH excluding ortho intramolecular Hbond substituents is 2. The van der Waals surface area contributed by atoms with Gasteiger partial charge in [-0.2, -0.15) is 0 Å². The highest BCUT2D eigenvalue weighted by molar-refractivity contribution is 7.14. The largest absolute Gasteiger partial charge is 0.508 e. The van der Waals surface area contributed by atoms with Gasteiger partial charge in [0.05, 0.1) is 15.8 Å². The zero-order valence-electron chi connectivity index (χ0n) is 9.20. The molecule has 0 radical (unpaired) electrons. The minimum Gasteiger partial charge on any atom is -0.508 e. The normalized spacial score (nSPS) is 10.9. The number of benzene rings is 2. The molecule has 0 aliphatic rings. The van der Waals surface area contributed by atoms with Crippen LogP contribution in [-0.4, -0.2) is 14.2 Å². The first kappa shape index (κ1) is 10.9. The summed E-state index contributed by atoms with van der Waals surface area (Å²) in [4.78, 5) is 12.2. The van der Waals surface area contributed by atoms with Crippen LogP contribution in [0.15, 0.2) is 47.3 Å². The molecule has 0 aliphatic carbocycles. The van der Waals surface area contributed by atoms with Gasteiger partial charge in [0.25, 0.3) is 5.56 Å². The van der Waals surface area contributed by atoms with Gasteiger partial charge in [-0.3, -0.25) is 4.79 Å². The van der Waals surface area contributed by atoms with Crippen molar-refractivity contribution in [2.75, 3.05) is 0 Å². The maximum Gasteiger partial charge on any atom is 0.273 e. The molecule has 1 aromatic heterocycles. The number of aromatic hydroxyl groups is 2. The Morgan fingerprint density at radius 3 is 2.50 bits per heavy atom. The molecule has 18 heavy (non-hydrogen) atoms. The van der Waals surface area contributed by atoms with Crippen molar-refractivity contribution in [2.24, 2.45) is 0 Å². The number of hydrogen-bond acceptors (Lipinski definition) is 4. The van der Waals surface area contributed by atoms with Crippen LogP contribution in [0.25, 0.3) is 15.8 Å². The van der Waals surface area contributed by atoms with Gasteiger partial charge in [0.15, 0.2) is 0 Å². The topological polar surface area (TPSA) is 62.5 Å². The first-order chi connectivity index (χ1) is 8.66. The van der Waals surface area contributed by atoms with Crippen LogP contribution in [0, 0.1) is 0 Å². The summed E-state index contributed by atoms with van der Waals surface area (Å²) in [5.74, 6) is -0.197. The molecule has 0 bridgehead atoms. The van der Waals surface area contributed by atoms with Crippen molar-refractivity contribution in [3.8, 4) is 17.2 Å². The van der Waals surface area contributed by atoms with Crippen molar-refractivity contribution in [1.82, 2.24) is 3.96 Å². The molecule has 0 saturated carbocycles. The molecule has 3 rings (SSSR count). The number of para-hydroxylation sites is 1. The lowest BCUT2D eigenvalue weighted by atomic mass is 10.2. The Kier molecular flexibility index (Phi) is 2.34. The molecule has 0 fully saturated rings. The number of aromatic nitrogens is 1. The molecule has 0 spiro atoms. The summed E-state index contributed by atoms with van der Waals surface area (Å²) < 4.78 is 1.96. The minimum atomic E-state index is -0.243. The zero-order chi connectivity index (χ0) is 12.7. The number of fused-ring (bicyclic) bond motifs is 1. The summed E-state index contributed by atoms with van der Waals surface area (Å²) in [7, 11) is 0. The molecular weight excluding hydrogens is 250 g/mol. The third-order valence-corrected chi connectivity index (χ3v) is 3.81. The average molecular weight is 259 g/mol. The maximum atomic E-state index is 12.2. The van der Waals surface area contributed by atoms with E-state index in [2.05, 4.69) is 0 Å². The highest BCUT2D eigenvalue weighted by atomic mass is 32.1. The van der Waals surface area contributed by atoms with E-state index in [1.165, 1.54) is 16.1 Å². The van der Waals surface area contributed by atoms with Crippen LogP contribution < -0.4 is 5.56 Å². The predicted molar refractivity (Wildman–Crippen MR) is 70.8 cm³/mol. The summed E-state index contributed by atoms with van der Waals surface area (Å²) in [6.45, 7) is 0. The van der Waals surface area contributed by atoms with E-state index in [0.29, 0.717) is 10.1 Å². The summed E-state index contributed by atoms with van der Waals surface area (Å²) in [6, 6.07) is 11.8. The van der Waals surface area contributed by atoms with Crippen LogP contribution in [-0.2, 0) is 0 Å². The molecule has 1 heterocycles. The van der Waals surface area contributed by atoms with Crippen LogP contribution in [0.3, 0.4) is 0 Å². The van der Waals surface area contributed by atoms with Crippen LogP contribution in [0.1, 0.15) is 0 Å². The SMILES string of the molecule is O=c1c2cc(O)cc(O)c2sn1-c1ccccc1. The first-order valence-corrected chi connectivity index (χ1v) is 6.07. The summed E-state index contributed by atoms with van der Waals surface area (Å²) >= 11 is 1.16. The molecule has 0 unspecified atom stereocenters. The van der Waals surface area contributed by atoms with Gasteiger partial charge < -0.3 is 10.2 Å². The molecule has 4 nitrogen and oxygen atoms in total. The Balaban J connectivity index is 2.37. The molecule has 0 atom stereocenters. The van der Waals surface area contributed by atoms with Crippen LogP contribution in [0.4, 0.5) is 0 Å². The van der Waals surface area contributed by atoms with E-state index in [-0.39, 0.29) is 17.1 Å². The van der Waals surface area contributed by atoms with Gasteiger partial charge in [-0.15, -0.1) is 0 Å². The molecule has 0 aliphatic heterocycles. The summed E-state index contributed by atoms with van der Waals surface area (Å²) in [5.41, 5.74) is 0.495. The Morgan fingerprint density at radius 2 is 1.78 bits per heavy atom. The van der Waals surface area contributed by atoms with Gasteiger partial charge in [-0.05, 0) is 29.7 Å². The summed E-state index contributed by atoms with van der Waals surface area (Å²) in [6.07, 6.45) is 0. The van der Waals surface area contributed by atoms with Crippen LogP contribution in [0.2, 0.25) is 0 Å². The Labute approximate surface area is 106 Å². The zero-order valence-corrected chi connectivity index (χ0v) is 10.0. The number of phenols is 2. The first-order valence-electron chi connectivity index (χ1n) is 5.30. The highest BCUT2D eigenvalue weighted by Gasteiger charge is 2.13. The standard InChI is InChI=1S/C13H9NO3S/c15-9-6-10-12(11(16)7-9)18-14(13(10)17)8-4-2-1-3-5-8/h1-7,15-16H. The van der Waals surface area contributed by atoms with Gasteiger partial charge >= 0.3 is 0 Å². The van der Waals surface area contributed by atoms with Crippen molar-refractivity contribution in [3.63, 3.8) is 0 Å². The van der Waals surface area contributed by atoms with E-state index in [0.717, 1.165) is 17.2 Å². The Bertz CT molecular complexity index is 774. The van der Waals surface area contributed by atoms with Gasteiger partial charge in [0, 0.05) is 6.07 Å². The lowest BCUT2D eigenvalue weighted by molar-refractivity contribution is 0.455. The molecule has 3 aromatic rings. The van der Waals surface area contributed by atoms with Gasteiger partial charge in [0.2, 0.25) is 0 Å². The van der Waals surface area contributed by atoms with Crippen LogP contribution in [0.5, 0.6) is 11.5 Å². The van der Waals surface area contributed by atoms with Gasteiger partial charge in [0.1, 0.15) is 11.5 Å². The fourth-order valence-electron chi connectivity index (χ4n) is 1.83. The average Bonchev–Trinajstić information content (AvgIpc) is 2.69. The van der Waals surface area contributed by atoms with E-state index in [4.69, 9.17) is 0 Å². The molecule has 0 saturated heterocycles. The summed E-state index contributed by atoms with van der Waals surface area (Å²) in [5, 5.41) is 19.5. The van der Waals surface area contributed by atoms with E-state index in [1.54, 1.807) is 0 Å². The fourth-order valence-corrected chi connectivity index (χ4v) is 2.82. The maximum absolute atomic E-state index is 12.2. The van der Waals surface area contributed by atoms with Gasteiger partial charge in [-0.1, -0.05) is 18.2 Å². The van der Waals surface area contributed by atoms with Crippen LogP contribution >= 0.6 is 11.5 Å². The second-order valence-corrected chi connectivity index (χ2v) is 4.82. The minimum absolute atomic E-state index is 0.0817. The molecule has 2 N–H and O–H groups in total. The second-order valence-electron chi connectivity index (χ2n) is 3.87. The van der Waals surface area contributed by atoms with Crippen molar-refractivity contribution >= 4 is 21.6 Å². The van der Waals surface area contributed by atoms with Crippen molar-refractivity contribution in [1.29, 1.82) is 0 Å². The van der Waals surface area contributed by atoms with E-state index in [9.17, 15) is 15.0 Å². The number of hydrogen-bond donors (Lipinski definition) is 2. The lowest BCUT2D eigenvalue weighted by Crippen LogP contribution is -2.10. The molecule has 5 heteroatoms. The molecule has 90 valence electrons. The predicted octanol–water partition coefficient (Wildman–Crippen LogP) is 2.46. The Hall–Kier alpha value is -2.27. The third-order valence-electron chi connectivity index (χ3n) is 2.64. The Morgan fingerprint density at radius 1 is 1.06 bits per heavy atom. The molecule has 2 aromatic carbocycles. The van der Waals surface area contributed by atoms with Crippen molar-refractivity contribution in [3.05, 3.63) is 52.8 Å². The second kappa shape index (κ2) is 3.89. The highest BCUT2D eigenvalue weighted by Crippen LogP contribution is 2.32. The van der Waals surface area contributed by atoms with E-state index < -0.39 is 0 Å². The lowest BCUT2D eigenvalue weighted by Gasteiger charge is -1.97. The molecule has 0 amide bonds. The van der Waals surface area contributed by atoms with Gasteiger partial charge in [-0.25, -0.2) is 3.96 Å². The fraction of sp³-hybridized carbons (Fsp3) is 0. The third kappa shape index (κ3) is 1.56. The quantitative estimate of drug-likeness (QED) is 0.705. The van der Waals surface area contributed by atoms with Crippen molar-refractivity contribution < 1.29 is 10.2 Å². The number of nitrogens with zero attached hydrogens (tertiary/aromatic N) is 1.